The largest absolute Gasteiger partial charge is 0.338 e. The molecule has 0 aromatic heterocycles. The molecule has 2 rings (SSSR count). The van der Waals surface area contributed by atoms with Gasteiger partial charge < -0.3 is 10.2 Å². The number of nitrogens with zero attached hydrogens (tertiary/aromatic N) is 1. The van der Waals surface area contributed by atoms with E-state index in [1.807, 2.05) is 27.0 Å². The highest BCUT2D eigenvalue weighted by Gasteiger charge is 2.39. The van der Waals surface area contributed by atoms with E-state index in [4.69, 9.17) is 23.2 Å². The number of nitrogens with one attached hydrogen (secondary N) is 1. The fourth-order valence-electron chi connectivity index (χ4n) is 2.65. The lowest BCUT2D eigenvalue weighted by atomic mass is 9.87. The minimum atomic E-state index is -0.318. The number of rotatable bonds is 3. The molecular formula is C15H20Cl2N2O. The van der Waals surface area contributed by atoms with Crippen LogP contribution in [-0.2, 0) is 4.79 Å². The van der Waals surface area contributed by atoms with Crippen LogP contribution in [0.4, 0.5) is 0 Å². The minimum absolute atomic E-state index is 0.0790. The normalized spacial score (nSPS) is 23.6. The fraction of sp³-hybridized carbons (Fsp3) is 0.533. The summed E-state index contributed by atoms with van der Waals surface area (Å²) in [5.41, 5.74) is 0.600. The summed E-state index contributed by atoms with van der Waals surface area (Å²) in [5, 5.41) is 4.46. The van der Waals surface area contributed by atoms with Crippen molar-refractivity contribution in [2.75, 3.05) is 20.1 Å². The molecule has 2 unspecified atom stereocenters. The van der Waals surface area contributed by atoms with Crippen molar-refractivity contribution in [1.82, 2.24) is 10.2 Å². The molecule has 1 saturated heterocycles. The predicted molar refractivity (Wildman–Crippen MR) is 83.2 cm³/mol. The van der Waals surface area contributed by atoms with Crippen LogP contribution in [0.25, 0.3) is 0 Å². The van der Waals surface area contributed by atoms with E-state index in [0.717, 1.165) is 25.1 Å². The molecule has 3 nitrogen and oxygen atoms in total. The lowest BCUT2D eigenvalue weighted by molar-refractivity contribution is -0.140. The average Bonchev–Trinajstić information content (AvgIpc) is 2.84. The van der Waals surface area contributed by atoms with Gasteiger partial charge in [-0.1, -0.05) is 29.3 Å². The molecule has 1 aromatic rings. The van der Waals surface area contributed by atoms with Crippen molar-refractivity contribution in [2.45, 2.75) is 26.3 Å². The van der Waals surface area contributed by atoms with Gasteiger partial charge in [0.25, 0.3) is 0 Å². The molecule has 0 saturated carbocycles. The molecule has 5 heteroatoms. The highest BCUT2D eigenvalue weighted by atomic mass is 35.5. The molecule has 0 spiro atoms. The van der Waals surface area contributed by atoms with Crippen LogP contribution in [-0.4, -0.2) is 30.9 Å². The van der Waals surface area contributed by atoms with Gasteiger partial charge in [0.05, 0.1) is 11.5 Å². The zero-order valence-electron chi connectivity index (χ0n) is 12.0. The maximum atomic E-state index is 12.7. The maximum absolute atomic E-state index is 12.7. The van der Waals surface area contributed by atoms with Crippen LogP contribution >= 0.6 is 23.2 Å². The molecule has 1 aliphatic heterocycles. The van der Waals surface area contributed by atoms with E-state index in [9.17, 15) is 4.79 Å². The molecule has 1 amide bonds. The quantitative estimate of drug-likeness (QED) is 0.926. The van der Waals surface area contributed by atoms with Crippen molar-refractivity contribution in [3.63, 3.8) is 0 Å². The van der Waals surface area contributed by atoms with Crippen LogP contribution in [0.2, 0.25) is 10.0 Å². The third-order valence-corrected chi connectivity index (χ3v) is 4.76. The summed E-state index contributed by atoms with van der Waals surface area (Å²) >= 11 is 12.1. The van der Waals surface area contributed by atoms with E-state index < -0.39 is 0 Å². The third-order valence-electron chi connectivity index (χ3n) is 4.20. The summed E-state index contributed by atoms with van der Waals surface area (Å²) in [7, 11) is 1.83. The molecule has 20 heavy (non-hydrogen) atoms. The molecule has 0 bridgehead atoms. The first-order valence-electron chi connectivity index (χ1n) is 6.78. The van der Waals surface area contributed by atoms with Crippen LogP contribution in [0.15, 0.2) is 18.2 Å². The Bertz CT molecular complexity index is 513. The Balaban J connectivity index is 2.19. The highest BCUT2D eigenvalue weighted by molar-refractivity contribution is 6.35. The summed E-state index contributed by atoms with van der Waals surface area (Å²) in [5.74, 6) is 0.154. The van der Waals surface area contributed by atoms with Gasteiger partial charge in [-0.05, 0) is 44.5 Å². The Kier molecular flexibility index (Phi) is 4.62. The first-order valence-corrected chi connectivity index (χ1v) is 7.54. The average molecular weight is 315 g/mol. The van der Waals surface area contributed by atoms with Crippen molar-refractivity contribution in [2.24, 2.45) is 5.41 Å². The van der Waals surface area contributed by atoms with Gasteiger partial charge in [-0.25, -0.2) is 0 Å². The number of carbonyl (C=O) groups is 1. The van der Waals surface area contributed by atoms with E-state index in [0.29, 0.717) is 10.0 Å². The van der Waals surface area contributed by atoms with Crippen molar-refractivity contribution in [1.29, 1.82) is 0 Å². The lowest BCUT2D eigenvalue weighted by Gasteiger charge is -2.33. The van der Waals surface area contributed by atoms with E-state index in [1.165, 1.54) is 0 Å². The minimum Gasteiger partial charge on any atom is -0.338 e. The van der Waals surface area contributed by atoms with Gasteiger partial charge in [-0.15, -0.1) is 0 Å². The number of halogens is 2. The smallest absolute Gasteiger partial charge is 0.230 e. The number of benzene rings is 1. The molecule has 110 valence electrons. The fourth-order valence-corrected chi connectivity index (χ4v) is 3.22. The van der Waals surface area contributed by atoms with Gasteiger partial charge in [-0.2, -0.15) is 0 Å². The van der Waals surface area contributed by atoms with E-state index >= 15 is 0 Å². The van der Waals surface area contributed by atoms with Gasteiger partial charge in [0, 0.05) is 23.6 Å². The maximum Gasteiger partial charge on any atom is 0.230 e. The Labute approximate surface area is 130 Å². The standard InChI is InChI=1S/C15H20Cl2N2O/c1-10(12-5-4-11(16)8-13(12)17)19(3)14(20)15(2)6-7-18-9-15/h4-5,8,10,18H,6-7,9H2,1-3H3. The zero-order valence-corrected chi connectivity index (χ0v) is 13.6. The summed E-state index contributed by atoms with van der Waals surface area (Å²) in [4.78, 5) is 14.5. The number of carbonyl (C=O) groups excluding carboxylic acids is 1. The van der Waals surface area contributed by atoms with Crippen molar-refractivity contribution in [3.8, 4) is 0 Å². The van der Waals surface area contributed by atoms with Gasteiger partial charge >= 0.3 is 0 Å². The highest BCUT2D eigenvalue weighted by Crippen LogP contribution is 2.33. The number of hydrogen-bond donors (Lipinski definition) is 1. The topological polar surface area (TPSA) is 32.3 Å². The summed E-state index contributed by atoms with van der Waals surface area (Å²) in [6.07, 6.45) is 0.872. The summed E-state index contributed by atoms with van der Waals surface area (Å²) < 4.78 is 0. The molecule has 0 aliphatic carbocycles. The second-order valence-corrected chi connectivity index (χ2v) is 6.59. The first kappa shape index (κ1) is 15.6. The van der Waals surface area contributed by atoms with Crippen LogP contribution in [0.3, 0.4) is 0 Å². The van der Waals surface area contributed by atoms with Crippen LogP contribution in [0.1, 0.15) is 31.9 Å². The Morgan fingerprint density at radius 2 is 2.15 bits per heavy atom. The van der Waals surface area contributed by atoms with Gasteiger partial charge in [0.15, 0.2) is 0 Å². The monoisotopic (exact) mass is 314 g/mol. The Morgan fingerprint density at radius 3 is 2.70 bits per heavy atom. The Morgan fingerprint density at radius 1 is 1.45 bits per heavy atom. The second-order valence-electron chi connectivity index (χ2n) is 5.75. The molecule has 1 N–H and O–H groups in total. The third kappa shape index (κ3) is 2.95. The molecule has 2 atom stereocenters. The summed E-state index contributed by atoms with van der Waals surface area (Å²) in [6, 6.07) is 5.32. The van der Waals surface area contributed by atoms with Gasteiger partial charge in [0.1, 0.15) is 0 Å². The number of amides is 1. The van der Waals surface area contributed by atoms with Gasteiger partial charge in [0.2, 0.25) is 5.91 Å². The molecule has 1 heterocycles. The summed E-state index contributed by atoms with van der Waals surface area (Å²) in [6.45, 7) is 5.63. The van der Waals surface area contributed by atoms with Crippen molar-refractivity contribution < 1.29 is 4.79 Å². The second kappa shape index (κ2) is 5.92. The van der Waals surface area contributed by atoms with Gasteiger partial charge in [-0.3, -0.25) is 4.79 Å². The van der Waals surface area contributed by atoms with E-state index in [-0.39, 0.29) is 17.4 Å². The van der Waals surface area contributed by atoms with E-state index in [1.54, 1.807) is 17.0 Å². The van der Waals surface area contributed by atoms with Crippen LogP contribution < -0.4 is 5.32 Å². The van der Waals surface area contributed by atoms with Crippen molar-refractivity contribution in [3.05, 3.63) is 33.8 Å². The molecule has 0 radical (unpaired) electrons. The molecule has 1 fully saturated rings. The Hall–Kier alpha value is -0.770. The van der Waals surface area contributed by atoms with E-state index in [2.05, 4.69) is 5.32 Å². The SMILES string of the molecule is CC(c1ccc(Cl)cc1Cl)N(C)C(=O)C1(C)CCNC1. The van der Waals surface area contributed by atoms with Crippen LogP contribution in [0.5, 0.6) is 0 Å². The van der Waals surface area contributed by atoms with Crippen molar-refractivity contribution >= 4 is 29.1 Å². The molecular weight excluding hydrogens is 295 g/mol. The first-order chi connectivity index (χ1) is 9.35. The molecule has 1 aromatic carbocycles. The lowest BCUT2D eigenvalue weighted by Crippen LogP contribution is -2.42. The molecule has 1 aliphatic rings. The number of hydrogen-bond acceptors (Lipinski definition) is 2. The van der Waals surface area contributed by atoms with Crippen LogP contribution in [0, 0.1) is 5.41 Å². The zero-order chi connectivity index (χ0) is 14.9. The predicted octanol–water partition coefficient (Wildman–Crippen LogP) is 3.51.